The molecule has 0 aromatic carbocycles. The van der Waals surface area contributed by atoms with Gasteiger partial charge in [0, 0.05) is 19.5 Å². The monoisotopic (exact) mass is 183 g/mol. The maximum atomic E-state index is 5.45. The van der Waals surface area contributed by atoms with Crippen LogP contribution < -0.4 is 5.73 Å². The molecule has 1 aromatic heterocycles. The van der Waals surface area contributed by atoms with Crippen molar-refractivity contribution in [3.8, 4) is 0 Å². The number of aromatic nitrogens is 3. The van der Waals surface area contributed by atoms with Gasteiger partial charge in [-0.1, -0.05) is 0 Å². The van der Waals surface area contributed by atoms with Gasteiger partial charge >= 0.3 is 0 Å². The second-order valence-electron chi connectivity index (χ2n) is 3.28. The lowest BCUT2D eigenvalue weighted by Crippen LogP contribution is -2.20. The van der Waals surface area contributed by atoms with Crippen LogP contribution in [0.25, 0.3) is 0 Å². The fraction of sp³-hybridized carbons (Fsp3) is 0.750. The van der Waals surface area contributed by atoms with Crippen molar-refractivity contribution in [1.82, 2.24) is 19.7 Å². The summed E-state index contributed by atoms with van der Waals surface area (Å²) >= 11 is 0. The van der Waals surface area contributed by atoms with Crippen LogP contribution in [0.2, 0.25) is 0 Å². The van der Waals surface area contributed by atoms with Crippen molar-refractivity contribution >= 4 is 0 Å². The summed E-state index contributed by atoms with van der Waals surface area (Å²) in [6, 6.07) is 0. The van der Waals surface area contributed by atoms with E-state index in [0.29, 0.717) is 6.54 Å². The van der Waals surface area contributed by atoms with E-state index in [9.17, 15) is 0 Å². The highest BCUT2D eigenvalue weighted by atomic mass is 15.3. The molecular formula is C8H17N5. The van der Waals surface area contributed by atoms with Gasteiger partial charge in [0.05, 0.1) is 0 Å². The van der Waals surface area contributed by atoms with E-state index in [1.54, 1.807) is 6.33 Å². The van der Waals surface area contributed by atoms with Gasteiger partial charge in [-0.3, -0.25) is 0 Å². The summed E-state index contributed by atoms with van der Waals surface area (Å²) in [4.78, 5) is 2.13. The predicted molar refractivity (Wildman–Crippen MR) is 51.3 cm³/mol. The van der Waals surface area contributed by atoms with Crippen LogP contribution in [0, 0.1) is 0 Å². The molecule has 5 nitrogen and oxygen atoms in total. The molecule has 0 atom stereocenters. The maximum absolute atomic E-state index is 5.45. The largest absolute Gasteiger partial charge is 0.330 e. The Hall–Kier alpha value is -0.940. The van der Waals surface area contributed by atoms with Crippen LogP contribution in [0.5, 0.6) is 0 Å². The first kappa shape index (κ1) is 10.1. The van der Waals surface area contributed by atoms with Crippen molar-refractivity contribution in [2.75, 3.05) is 27.2 Å². The molecule has 0 saturated carbocycles. The summed E-state index contributed by atoms with van der Waals surface area (Å²) in [7, 11) is 4.10. The SMILES string of the molecule is CN(C)CCn1cnnc1CCN. The predicted octanol–water partition coefficient (Wildman–Crippen LogP) is -0.659. The smallest absolute Gasteiger partial charge is 0.134 e. The average molecular weight is 183 g/mol. The third-order valence-corrected chi connectivity index (χ3v) is 1.85. The zero-order chi connectivity index (χ0) is 9.68. The van der Waals surface area contributed by atoms with E-state index in [0.717, 1.165) is 25.3 Å². The van der Waals surface area contributed by atoms with Crippen LogP contribution in [0.4, 0.5) is 0 Å². The van der Waals surface area contributed by atoms with Crippen LogP contribution in [-0.4, -0.2) is 46.8 Å². The highest BCUT2D eigenvalue weighted by Gasteiger charge is 2.02. The Morgan fingerprint density at radius 1 is 1.54 bits per heavy atom. The number of hydrogen-bond donors (Lipinski definition) is 1. The van der Waals surface area contributed by atoms with Crippen LogP contribution in [0.15, 0.2) is 6.33 Å². The molecule has 1 heterocycles. The number of nitrogens with two attached hydrogens (primary N) is 1. The Morgan fingerprint density at radius 3 is 2.92 bits per heavy atom. The van der Waals surface area contributed by atoms with Crippen molar-refractivity contribution in [3.63, 3.8) is 0 Å². The van der Waals surface area contributed by atoms with Gasteiger partial charge in [0.2, 0.25) is 0 Å². The van der Waals surface area contributed by atoms with Crippen molar-refractivity contribution in [1.29, 1.82) is 0 Å². The zero-order valence-corrected chi connectivity index (χ0v) is 8.27. The molecule has 0 amide bonds. The fourth-order valence-electron chi connectivity index (χ4n) is 1.10. The summed E-state index contributed by atoms with van der Waals surface area (Å²) in [6.07, 6.45) is 2.56. The van der Waals surface area contributed by atoms with Gasteiger partial charge < -0.3 is 15.2 Å². The molecule has 13 heavy (non-hydrogen) atoms. The lowest BCUT2D eigenvalue weighted by atomic mass is 10.4. The number of rotatable bonds is 5. The van der Waals surface area contributed by atoms with Gasteiger partial charge in [0.15, 0.2) is 0 Å². The third-order valence-electron chi connectivity index (χ3n) is 1.85. The molecule has 0 aliphatic heterocycles. The molecule has 74 valence electrons. The number of nitrogens with zero attached hydrogens (tertiary/aromatic N) is 4. The van der Waals surface area contributed by atoms with Gasteiger partial charge in [-0.25, -0.2) is 0 Å². The van der Waals surface area contributed by atoms with E-state index in [1.807, 2.05) is 18.7 Å². The molecule has 0 bridgehead atoms. The van der Waals surface area contributed by atoms with Crippen LogP contribution in [0.3, 0.4) is 0 Å². The highest BCUT2D eigenvalue weighted by Crippen LogP contribution is 1.95. The first-order chi connectivity index (χ1) is 6.24. The van der Waals surface area contributed by atoms with Gasteiger partial charge in [0.25, 0.3) is 0 Å². The Labute approximate surface area is 78.5 Å². The van der Waals surface area contributed by atoms with E-state index in [2.05, 4.69) is 15.1 Å². The number of likely N-dealkylation sites (N-methyl/N-ethyl adjacent to an activating group) is 1. The third kappa shape index (κ3) is 3.12. The normalized spacial score (nSPS) is 11.1. The summed E-state index contributed by atoms with van der Waals surface area (Å²) in [5.41, 5.74) is 5.45. The minimum absolute atomic E-state index is 0.626. The molecule has 0 aliphatic rings. The van der Waals surface area contributed by atoms with Crippen LogP contribution in [-0.2, 0) is 13.0 Å². The topological polar surface area (TPSA) is 60.0 Å². The van der Waals surface area contributed by atoms with E-state index in [4.69, 9.17) is 5.73 Å². The van der Waals surface area contributed by atoms with E-state index in [-0.39, 0.29) is 0 Å². The maximum Gasteiger partial charge on any atom is 0.134 e. The summed E-state index contributed by atoms with van der Waals surface area (Å²) in [5.74, 6) is 0.976. The van der Waals surface area contributed by atoms with Crippen LogP contribution in [0.1, 0.15) is 5.82 Å². The molecule has 0 aliphatic carbocycles. The lowest BCUT2D eigenvalue weighted by Gasteiger charge is -2.10. The molecule has 1 rings (SSSR count). The van der Waals surface area contributed by atoms with Crippen molar-refractivity contribution < 1.29 is 0 Å². The standard InChI is InChI=1S/C8H17N5/c1-12(2)5-6-13-7-10-11-8(13)3-4-9/h7H,3-6,9H2,1-2H3. The molecule has 0 unspecified atom stereocenters. The molecule has 0 spiro atoms. The lowest BCUT2D eigenvalue weighted by molar-refractivity contribution is 0.380. The number of hydrogen-bond acceptors (Lipinski definition) is 4. The summed E-state index contributed by atoms with van der Waals surface area (Å²) in [6.45, 7) is 2.55. The average Bonchev–Trinajstić information content (AvgIpc) is 2.49. The molecule has 2 N–H and O–H groups in total. The van der Waals surface area contributed by atoms with Gasteiger partial charge in [-0.15, -0.1) is 10.2 Å². The van der Waals surface area contributed by atoms with Crippen molar-refractivity contribution in [3.05, 3.63) is 12.2 Å². The van der Waals surface area contributed by atoms with Crippen molar-refractivity contribution in [2.45, 2.75) is 13.0 Å². The van der Waals surface area contributed by atoms with Gasteiger partial charge in [-0.05, 0) is 20.6 Å². The van der Waals surface area contributed by atoms with Crippen molar-refractivity contribution in [2.24, 2.45) is 5.73 Å². The second kappa shape index (κ2) is 4.94. The summed E-state index contributed by atoms with van der Waals surface area (Å²) in [5, 5.41) is 7.86. The van der Waals surface area contributed by atoms with Gasteiger partial charge in [0.1, 0.15) is 12.2 Å². The van der Waals surface area contributed by atoms with E-state index in [1.165, 1.54) is 0 Å². The van der Waals surface area contributed by atoms with Gasteiger partial charge in [-0.2, -0.15) is 0 Å². The van der Waals surface area contributed by atoms with Crippen LogP contribution >= 0.6 is 0 Å². The molecule has 5 heteroatoms. The first-order valence-electron chi connectivity index (χ1n) is 4.45. The Kier molecular flexibility index (Phi) is 3.85. The second-order valence-corrected chi connectivity index (χ2v) is 3.28. The molecule has 0 saturated heterocycles. The molecular weight excluding hydrogens is 166 g/mol. The zero-order valence-electron chi connectivity index (χ0n) is 8.27. The first-order valence-corrected chi connectivity index (χ1v) is 4.45. The Balaban J connectivity index is 2.49. The quantitative estimate of drug-likeness (QED) is 0.658. The molecule has 0 radical (unpaired) electrons. The minimum Gasteiger partial charge on any atom is -0.330 e. The molecule has 0 fully saturated rings. The summed E-state index contributed by atoms with van der Waals surface area (Å²) < 4.78 is 2.05. The van der Waals surface area contributed by atoms with E-state index < -0.39 is 0 Å². The highest BCUT2D eigenvalue weighted by molar-refractivity contribution is 4.86. The Morgan fingerprint density at radius 2 is 2.31 bits per heavy atom. The van der Waals surface area contributed by atoms with E-state index >= 15 is 0 Å². The minimum atomic E-state index is 0.626. The fourth-order valence-corrected chi connectivity index (χ4v) is 1.10. The molecule has 1 aromatic rings. The Bertz CT molecular complexity index is 242.